The number of rotatable bonds is 13. The number of aliphatic hydroxyl groups is 2. The quantitative estimate of drug-likeness (QED) is 0.0783. The smallest absolute Gasteiger partial charge is 0.341 e. The first kappa shape index (κ1) is 45.3. The molecular weight excluding hydrogens is 829 g/mol. The van der Waals surface area contributed by atoms with E-state index >= 15 is 0 Å². The summed E-state index contributed by atoms with van der Waals surface area (Å²) in [6.45, 7) is 10.1. The number of ether oxygens (including phenoxy) is 3. The summed E-state index contributed by atoms with van der Waals surface area (Å²) >= 11 is 0. The maximum Gasteiger partial charge on any atom is 0.341 e. The molecule has 0 aromatic heterocycles. The van der Waals surface area contributed by atoms with E-state index in [0.717, 1.165) is 0 Å². The molecule has 344 valence electrons. The molecule has 20 nitrogen and oxygen atoms in total. The standard InChI is InChI=1S/C44H58N10O10/c1-7-62-39(61)34-37(59)54-20-25(8-9-33(54)53(34)6)16-26-17-27(38(60)64-26)28(49-23(2)35(57)51-40-45-12-13-46-40)18-30-42(4)11-10-32(56)43(5,21-55)29(42)19-31(44(30)22-63-44)50-24(3)36(58)52-41-47-14-15-48-41/h8-9,12,14,16-17,20,23-24,28-34,49-50,55-56H,7,10-11,13,15,18-19,21-22H2,1-6H3,(H,46,51,57)(H,48,52,58)/b26-16+/t23?,24?,28?,29?,30?,31?,32-,33?,34?,42+,43+,44?/m1/s1. The Kier molecular flexibility index (Phi) is 12.5. The minimum absolute atomic E-state index is 0.134. The lowest BCUT2D eigenvalue weighted by Gasteiger charge is -2.63. The van der Waals surface area contributed by atoms with E-state index in [2.05, 4.69) is 48.2 Å². The highest BCUT2D eigenvalue weighted by molar-refractivity contribution is 6.05. The second kappa shape index (κ2) is 17.6. The van der Waals surface area contributed by atoms with Gasteiger partial charge in [-0.2, -0.15) is 0 Å². The Morgan fingerprint density at radius 3 is 2.34 bits per heavy atom. The zero-order valence-electron chi connectivity index (χ0n) is 36.9. The van der Waals surface area contributed by atoms with Crippen molar-refractivity contribution in [2.75, 3.05) is 40.0 Å². The molecule has 8 aliphatic rings. The van der Waals surface area contributed by atoms with Crippen LogP contribution in [0.1, 0.15) is 60.3 Å². The summed E-state index contributed by atoms with van der Waals surface area (Å²) < 4.78 is 17.6. The third-order valence-electron chi connectivity index (χ3n) is 14.6. The normalized spacial score (nSPS) is 35.9. The van der Waals surface area contributed by atoms with Crippen LogP contribution in [0.5, 0.6) is 0 Å². The number of likely N-dealkylation sites (N-methyl/N-ethyl adjacent to an activating group) is 1. The van der Waals surface area contributed by atoms with Gasteiger partial charge in [0.25, 0.3) is 5.91 Å². The first-order valence-electron chi connectivity index (χ1n) is 22.0. The fourth-order valence-electron chi connectivity index (χ4n) is 11.0. The van der Waals surface area contributed by atoms with Crippen molar-refractivity contribution in [3.63, 3.8) is 0 Å². The van der Waals surface area contributed by atoms with Gasteiger partial charge in [0.15, 0.2) is 6.04 Å². The molecule has 6 N–H and O–H groups in total. The van der Waals surface area contributed by atoms with Crippen molar-refractivity contribution in [2.45, 2.75) is 108 Å². The molecule has 8 rings (SSSR count). The van der Waals surface area contributed by atoms with E-state index in [1.54, 1.807) is 75.7 Å². The van der Waals surface area contributed by atoms with Gasteiger partial charge in [0.1, 0.15) is 17.5 Å². The van der Waals surface area contributed by atoms with Crippen LogP contribution in [0, 0.1) is 22.7 Å². The van der Waals surface area contributed by atoms with Crippen LogP contribution in [-0.4, -0.2) is 162 Å². The number of cyclic esters (lactones) is 1. The number of esters is 2. The predicted octanol–water partition coefficient (Wildman–Crippen LogP) is -0.400. The van der Waals surface area contributed by atoms with E-state index in [0.29, 0.717) is 44.5 Å². The molecule has 6 aliphatic heterocycles. The molecule has 0 aromatic rings. The van der Waals surface area contributed by atoms with Crippen LogP contribution in [0.4, 0.5) is 0 Å². The van der Waals surface area contributed by atoms with Crippen LogP contribution in [-0.2, 0) is 38.2 Å². The van der Waals surface area contributed by atoms with Gasteiger partial charge in [-0.05, 0) is 94.6 Å². The highest BCUT2D eigenvalue weighted by atomic mass is 16.6. The molecule has 6 heterocycles. The van der Waals surface area contributed by atoms with Gasteiger partial charge in [-0.25, -0.2) is 29.6 Å². The zero-order valence-corrected chi connectivity index (χ0v) is 36.9. The Morgan fingerprint density at radius 1 is 1.06 bits per heavy atom. The number of guanidine groups is 2. The van der Waals surface area contributed by atoms with E-state index in [9.17, 15) is 34.2 Å². The SMILES string of the molecule is CCOC(=O)C1C(=O)N2C=C(/C=C3\C=C(C(CC4C5(CO5)C(NC(C)C(=O)NC5=NCC=N5)CC5[C@]4(C)CC[C@@H](O)[C@@]5(C)CO)NC(C)C(=O)NC4=NCC=N4)C(=O)O3)C=CC2N1C. The van der Waals surface area contributed by atoms with Crippen LogP contribution in [0.3, 0.4) is 0 Å². The molecule has 12 atom stereocenters. The van der Waals surface area contributed by atoms with Crippen LogP contribution in [0.2, 0.25) is 0 Å². The molecule has 2 saturated carbocycles. The summed E-state index contributed by atoms with van der Waals surface area (Å²) in [7, 11) is 1.67. The Labute approximate surface area is 371 Å². The summed E-state index contributed by atoms with van der Waals surface area (Å²) in [5.74, 6) is -2.48. The number of allylic oxidation sites excluding steroid dienone is 4. The third kappa shape index (κ3) is 8.19. The number of hydrogen-bond acceptors (Lipinski definition) is 17. The summed E-state index contributed by atoms with van der Waals surface area (Å²) in [5.41, 5.74) is -1.52. The Bertz CT molecular complexity index is 2210. The zero-order chi connectivity index (χ0) is 45.7. The average Bonchev–Trinajstić information content (AvgIpc) is 3.63. The molecular formula is C44H58N10O10. The van der Waals surface area contributed by atoms with Crippen molar-refractivity contribution in [3.05, 3.63) is 47.4 Å². The number of carbonyl (C=O) groups excluding carboxylic acids is 5. The number of nitrogens with zero attached hydrogens (tertiary/aromatic N) is 6. The average molecular weight is 887 g/mol. The van der Waals surface area contributed by atoms with E-state index in [1.807, 2.05) is 6.92 Å². The Hall–Kier alpha value is -5.25. The predicted molar refractivity (Wildman–Crippen MR) is 232 cm³/mol. The number of amides is 3. The second-order valence-corrected chi connectivity index (χ2v) is 18.4. The van der Waals surface area contributed by atoms with Gasteiger partial charge < -0.3 is 29.7 Å². The van der Waals surface area contributed by atoms with Gasteiger partial charge in [-0.15, -0.1) is 0 Å². The summed E-state index contributed by atoms with van der Waals surface area (Å²) in [5, 5.41) is 35.0. The number of epoxide rings is 1. The van der Waals surface area contributed by atoms with Gasteiger partial charge in [-0.1, -0.05) is 19.9 Å². The van der Waals surface area contributed by atoms with E-state index in [-0.39, 0.29) is 60.6 Å². The Morgan fingerprint density at radius 2 is 1.73 bits per heavy atom. The van der Waals surface area contributed by atoms with Crippen LogP contribution in [0.25, 0.3) is 0 Å². The second-order valence-electron chi connectivity index (χ2n) is 18.4. The molecule has 0 aromatic carbocycles. The van der Waals surface area contributed by atoms with Gasteiger partial charge >= 0.3 is 11.9 Å². The van der Waals surface area contributed by atoms with E-state index < -0.39 is 82.7 Å². The number of aliphatic hydroxyl groups excluding tert-OH is 2. The maximum atomic E-state index is 14.1. The maximum absolute atomic E-state index is 14.1. The first-order valence-corrected chi connectivity index (χ1v) is 22.0. The highest BCUT2D eigenvalue weighted by Crippen LogP contribution is 2.66. The minimum atomic E-state index is -1.10. The van der Waals surface area contributed by atoms with Crippen molar-refractivity contribution in [2.24, 2.45) is 42.6 Å². The molecule has 1 spiro atoms. The molecule has 2 aliphatic carbocycles. The van der Waals surface area contributed by atoms with Crippen LogP contribution < -0.4 is 21.3 Å². The van der Waals surface area contributed by atoms with Crippen molar-refractivity contribution in [1.82, 2.24) is 31.1 Å². The van der Waals surface area contributed by atoms with Crippen molar-refractivity contribution < 1.29 is 48.4 Å². The highest BCUT2D eigenvalue weighted by Gasteiger charge is 2.71. The van der Waals surface area contributed by atoms with E-state index in [1.165, 1.54) is 4.90 Å². The van der Waals surface area contributed by atoms with Gasteiger partial charge in [-0.3, -0.25) is 40.1 Å². The largest absolute Gasteiger partial charge is 0.464 e. The van der Waals surface area contributed by atoms with E-state index in [4.69, 9.17) is 14.2 Å². The number of nitrogens with one attached hydrogen (secondary N) is 4. The summed E-state index contributed by atoms with van der Waals surface area (Å²) in [6, 6.07) is -3.92. The molecule has 3 amide bonds. The lowest BCUT2D eigenvalue weighted by atomic mass is 9.43. The monoisotopic (exact) mass is 886 g/mol. The van der Waals surface area contributed by atoms with Gasteiger partial charge in [0.2, 0.25) is 23.7 Å². The van der Waals surface area contributed by atoms with Crippen LogP contribution in [0.15, 0.2) is 67.4 Å². The summed E-state index contributed by atoms with van der Waals surface area (Å²) in [6.07, 6.45) is 12.0. The number of fused-ring (bicyclic) bond motifs is 2. The molecule has 9 unspecified atom stereocenters. The summed E-state index contributed by atoms with van der Waals surface area (Å²) in [4.78, 5) is 87.0. The first-order chi connectivity index (χ1) is 30.5. The van der Waals surface area contributed by atoms with Crippen molar-refractivity contribution in [3.8, 4) is 0 Å². The minimum Gasteiger partial charge on any atom is -0.464 e. The number of hydrogen-bond donors (Lipinski definition) is 6. The molecule has 20 heteroatoms. The van der Waals surface area contributed by atoms with Gasteiger partial charge in [0.05, 0.1) is 56.7 Å². The fourth-order valence-corrected chi connectivity index (χ4v) is 11.0. The lowest BCUT2D eigenvalue weighted by Crippen LogP contribution is -2.68. The molecule has 2 saturated heterocycles. The third-order valence-corrected chi connectivity index (χ3v) is 14.6. The van der Waals surface area contributed by atoms with Crippen molar-refractivity contribution >= 4 is 54.0 Å². The van der Waals surface area contributed by atoms with Gasteiger partial charge in [0, 0.05) is 36.1 Å². The molecule has 0 radical (unpaired) electrons. The molecule has 0 bridgehead atoms. The fraction of sp³-hybridized carbons (Fsp3) is 0.614. The van der Waals surface area contributed by atoms with Crippen LogP contribution >= 0.6 is 0 Å². The molecule has 64 heavy (non-hydrogen) atoms. The molecule has 4 fully saturated rings. The Balaban J connectivity index is 1.13. The van der Waals surface area contributed by atoms with Crippen molar-refractivity contribution in [1.29, 1.82) is 0 Å². The number of carbonyl (C=O) groups is 5. The lowest BCUT2D eigenvalue weighted by molar-refractivity contribution is -0.185. The number of aliphatic imine (C=N–C) groups is 4. The topological polar surface area (TPSA) is 261 Å².